The first-order valence-electron chi connectivity index (χ1n) is 7.82. The van der Waals surface area contributed by atoms with Crippen LogP contribution in [0.3, 0.4) is 0 Å². The minimum atomic E-state index is -0.182. The van der Waals surface area contributed by atoms with Crippen LogP contribution in [0.25, 0.3) is 0 Å². The highest BCUT2D eigenvalue weighted by atomic mass is 19.1. The van der Waals surface area contributed by atoms with Gasteiger partial charge in [0.2, 0.25) is 0 Å². The van der Waals surface area contributed by atoms with Crippen molar-refractivity contribution in [1.29, 1.82) is 0 Å². The third-order valence-electron chi connectivity index (χ3n) is 5.08. The van der Waals surface area contributed by atoms with E-state index < -0.39 is 0 Å². The number of nitrogens with two attached hydrogens (primary N) is 1. The third-order valence-corrected chi connectivity index (χ3v) is 5.08. The molecule has 2 aliphatic rings. The predicted molar refractivity (Wildman–Crippen MR) is 78.3 cm³/mol. The Balaban J connectivity index is 1.60. The normalized spacial score (nSPS) is 32.8. The van der Waals surface area contributed by atoms with Crippen molar-refractivity contribution >= 4 is 0 Å². The van der Waals surface area contributed by atoms with Gasteiger partial charge in [0.15, 0.2) is 0 Å². The number of hydrogen-bond acceptors (Lipinski definition) is 2. The number of ether oxygens (including phenoxy) is 1. The minimum Gasteiger partial charge on any atom is -0.490 e. The molecule has 1 heterocycles. The summed E-state index contributed by atoms with van der Waals surface area (Å²) in [5.74, 6) is 1.50. The molecule has 1 aliphatic carbocycles. The van der Waals surface area contributed by atoms with Crippen molar-refractivity contribution in [3.63, 3.8) is 0 Å². The Morgan fingerprint density at radius 1 is 1.35 bits per heavy atom. The van der Waals surface area contributed by atoms with Gasteiger partial charge >= 0.3 is 0 Å². The molecule has 0 amide bonds. The molecule has 1 aliphatic heterocycles. The van der Waals surface area contributed by atoms with E-state index in [0.29, 0.717) is 0 Å². The van der Waals surface area contributed by atoms with Gasteiger partial charge in [0.05, 0.1) is 0 Å². The van der Waals surface area contributed by atoms with Gasteiger partial charge in [-0.25, -0.2) is 4.39 Å². The molecule has 20 heavy (non-hydrogen) atoms. The summed E-state index contributed by atoms with van der Waals surface area (Å²) < 4.78 is 19.2. The van der Waals surface area contributed by atoms with Crippen LogP contribution in [-0.4, -0.2) is 11.6 Å². The second-order valence-electron chi connectivity index (χ2n) is 6.61. The summed E-state index contributed by atoms with van der Waals surface area (Å²) in [5, 5.41) is 0. The summed E-state index contributed by atoms with van der Waals surface area (Å²) >= 11 is 0. The van der Waals surface area contributed by atoms with Gasteiger partial charge in [-0.2, -0.15) is 0 Å². The molecule has 3 rings (SSSR count). The number of benzene rings is 1. The fourth-order valence-corrected chi connectivity index (χ4v) is 3.72. The second-order valence-corrected chi connectivity index (χ2v) is 6.61. The monoisotopic (exact) mass is 277 g/mol. The van der Waals surface area contributed by atoms with Gasteiger partial charge in [-0.1, -0.05) is 13.3 Å². The van der Waals surface area contributed by atoms with E-state index in [0.717, 1.165) is 42.9 Å². The van der Waals surface area contributed by atoms with E-state index in [9.17, 15) is 4.39 Å². The lowest BCUT2D eigenvalue weighted by Gasteiger charge is -2.38. The van der Waals surface area contributed by atoms with Crippen molar-refractivity contribution in [2.24, 2.45) is 11.7 Å². The quantitative estimate of drug-likeness (QED) is 0.911. The maximum absolute atomic E-state index is 13.2. The Bertz CT molecular complexity index is 480. The zero-order chi connectivity index (χ0) is 14.2. The number of halogens is 1. The molecular weight excluding hydrogens is 253 g/mol. The van der Waals surface area contributed by atoms with Gasteiger partial charge in [-0.15, -0.1) is 0 Å². The van der Waals surface area contributed by atoms with Crippen molar-refractivity contribution in [2.75, 3.05) is 0 Å². The Hall–Kier alpha value is -1.09. The van der Waals surface area contributed by atoms with Crippen LogP contribution >= 0.6 is 0 Å². The van der Waals surface area contributed by atoms with Crippen LogP contribution in [0.15, 0.2) is 18.2 Å². The molecule has 2 nitrogen and oxygen atoms in total. The highest BCUT2D eigenvalue weighted by molar-refractivity contribution is 5.38. The third kappa shape index (κ3) is 2.83. The molecule has 3 heteroatoms. The van der Waals surface area contributed by atoms with Crippen molar-refractivity contribution in [2.45, 2.75) is 63.5 Å². The smallest absolute Gasteiger partial charge is 0.123 e. The van der Waals surface area contributed by atoms with E-state index in [1.54, 1.807) is 12.1 Å². The first kappa shape index (κ1) is 13.9. The first-order chi connectivity index (χ1) is 9.58. The lowest BCUT2D eigenvalue weighted by Crippen LogP contribution is -2.46. The lowest BCUT2D eigenvalue weighted by molar-refractivity contribution is 0.138. The molecule has 0 bridgehead atoms. The Labute approximate surface area is 120 Å². The molecule has 1 aromatic rings. The van der Waals surface area contributed by atoms with E-state index in [1.165, 1.54) is 25.3 Å². The van der Waals surface area contributed by atoms with Gasteiger partial charge in [0.1, 0.15) is 17.7 Å². The van der Waals surface area contributed by atoms with Crippen molar-refractivity contribution < 1.29 is 9.13 Å². The largest absolute Gasteiger partial charge is 0.490 e. The molecule has 0 aromatic heterocycles. The average Bonchev–Trinajstić information content (AvgIpc) is 2.80. The van der Waals surface area contributed by atoms with Crippen molar-refractivity contribution in [1.82, 2.24) is 0 Å². The van der Waals surface area contributed by atoms with Crippen molar-refractivity contribution in [3.05, 3.63) is 29.6 Å². The maximum atomic E-state index is 13.2. The van der Waals surface area contributed by atoms with Gasteiger partial charge in [-0.05, 0) is 49.8 Å². The average molecular weight is 277 g/mol. The molecule has 1 saturated carbocycles. The van der Waals surface area contributed by atoms with E-state index in [1.807, 2.05) is 0 Å². The van der Waals surface area contributed by atoms with Gasteiger partial charge < -0.3 is 10.5 Å². The first-order valence-corrected chi connectivity index (χ1v) is 7.82. The van der Waals surface area contributed by atoms with Crippen LogP contribution in [0.2, 0.25) is 0 Å². The zero-order valence-corrected chi connectivity index (χ0v) is 12.2. The van der Waals surface area contributed by atoms with Crippen molar-refractivity contribution in [3.8, 4) is 5.75 Å². The van der Waals surface area contributed by atoms with E-state index in [2.05, 4.69) is 6.92 Å². The van der Waals surface area contributed by atoms with Crippen LogP contribution in [0.1, 0.15) is 51.0 Å². The summed E-state index contributed by atoms with van der Waals surface area (Å²) in [6.07, 6.45) is 7.73. The fraction of sp³-hybridized carbons (Fsp3) is 0.647. The van der Waals surface area contributed by atoms with E-state index in [-0.39, 0.29) is 17.5 Å². The maximum Gasteiger partial charge on any atom is 0.123 e. The highest BCUT2D eigenvalue weighted by Crippen LogP contribution is 2.38. The summed E-state index contributed by atoms with van der Waals surface area (Å²) in [6, 6.07) is 4.79. The topological polar surface area (TPSA) is 35.2 Å². The van der Waals surface area contributed by atoms with Gasteiger partial charge in [0.25, 0.3) is 0 Å². The molecule has 1 aromatic carbocycles. The highest BCUT2D eigenvalue weighted by Gasteiger charge is 2.36. The zero-order valence-electron chi connectivity index (χ0n) is 12.2. The molecule has 2 N–H and O–H groups in total. The predicted octanol–water partition coefficient (Wildman–Crippen LogP) is 3.82. The number of rotatable bonds is 3. The Morgan fingerprint density at radius 2 is 2.10 bits per heavy atom. The van der Waals surface area contributed by atoms with Crippen LogP contribution in [0.5, 0.6) is 5.75 Å². The minimum absolute atomic E-state index is 0.0864. The SMILES string of the molecule is CCC1CCC(N)(CC2Cc3cc(F)ccc3O2)CC1. The summed E-state index contributed by atoms with van der Waals surface area (Å²) in [5.41, 5.74) is 7.47. The Morgan fingerprint density at radius 3 is 2.80 bits per heavy atom. The number of hydrogen-bond donors (Lipinski definition) is 1. The summed E-state index contributed by atoms with van der Waals surface area (Å²) in [4.78, 5) is 0. The molecule has 1 unspecified atom stereocenters. The molecule has 1 fully saturated rings. The van der Waals surface area contributed by atoms with Crippen LogP contribution in [-0.2, 0) is 6.42 Å². The number of fused-ring (bicyclic) bond motifs is 1. The molecule has 0 saturated heterocycles. The molecule has 110 valence electrons. The summed E-state index contributed by atoms with van der Waals surface area (Å²) in [6.45, 7) is 2.26. The second kappa shape index (κ2) is 5.36. The van der Waals surface area contributed by atoms with Crippen LogP contribution in [0.4, 0.5) is 4.39 Å². The van der Waals surface area contributed by atoms with Crippen LogP contribution < -0.4 is 10.5 Å². The fourth-order valence-electron chi connectivity index (χ4n) is 3.72. The van der Waals surface area contributed by atoms with Crippen LogP contribution in [0, 0.1) is 11.7 Å². The van der Waals surface area contributed by atoms with E-state index >= 15 is 0 Å². The van der Waals surface area contributed by atoms with Gasteiger partial charge in [0, 0.05) is 23.9 Å². The standard InChI is InChI=1S/C17H24FNO/c1-2-12-5-7-17(19,8-6-12)11-15-10-13-9-14(18)3-4-16(13)20-15/h3-4,9,12,15H,2,5-8,10-11,19H2,1H3. The summed E-state index contributed by atoms with van der Waals surface area (Å²) in [7, 11) is 0. The van der Waals surface area contributed by atoms with E-state index in [4.69, 9.17) is 10.5 Å². The molecular formula is C17H24FNO. The molecule has 1 atom stereocenters. The molecule has 0 radical (unpaired) electrons. The molecule has 0 spiro atoms. The Kier molecular flexibility index (Phi) is 3.72. The lowest BCUT2D eigenvalue weighted by atomic mass is 9.73. The van der Waals surface area contributed by atoms with Gasteiger partial charge in [-0.3, -0.25) is 0 Å².